The van der Waals surface area contributed by atoms with Gasteiger partial charge >= 0.3 is 0 Å². The predicted octanol–water partition coefficient (Wildman–Crippen LogP) is 2.82. The lowest BCUT2D eigenvalue weighted by Crippen LogP contribution is -2.49. The lowest BCUT2D eigenvalue weighted by molar-refractivity contribution is -0.126. The Morgan fingerprint density at radius 2 is 1.95 bits per heavy atom. The minimum Gasteiger partial charge on any atom is -0.475 e. The quantitative estimate of drug-likeness (QED) is 0.541. The van der Waals surface area contributed by atoms with Crippen LogP contribution < -0.4 is 9.64 Å². The average Bonchev–Trinajstić information content (AvgIpc) is 3.35. The molecule has 2 saturated heterocycles. The number of aromatic nitrogens is 1. The molecule has 2 aromatic rings. The molecule has 1 unspecified atom stereocenters. The van der Waals surface area contributed by atoms with Gasteiger partial charge < -0.3 is 19.4 Å². The second-order valence-electron chi connectivity index (χ2n) is 10.2. The van der Waals surface area contributed by atoms with Gasteiger partial charge in [0.2, 0.25) is 11.8 Å². The molecule has 37 heavy (non-hydrogen) atoms. The number of nitrogens with zero attached hydrogens (tertiary/aromatic N) is 6. The summed E-state index contributed by atoms with van der Waals surface area (Å²) in [6, 6.07) is 13.3. The maximum Gasteiger partial charge on any atom is 0.246 e. The topological polar surface area (TPSA) is 75.9 Å². The molecular formula is C29H36N6O2. The van der Waals surface area contributed by atoms with Crippen LogP contribution >= 0.6 is 0 Å². The van der Waals surface area contributed by atoms with Crippen molar-refractivity contribution in [2.24, 2.45) is 0 Å². The third-order valence-electron chi connectivity index (χ3n) is 7.93. The van der Waals surface area contributed by atoms with Crippen LogP contribution in [0.3, 0.4) is 0 Å². The number of fused-ring (bicyclic) bond motifs is 1. The molecule has 0 bridgehead atoms. The Balaban J connectivity index is 1.44. The number of likely N-dealkylation sites (N-methyl/N-ethyl adjacent to an activating group) is 1. The summed E-state index contributed by atoms with van der Waals surface area (Å²) in [5.74, 6) is 1.33. The van der Waals surface area contributed by atoms with E-state index in [0.29, 0.717) is 56.8 Å². The van der Waals surface area contributed by atoms with Crippen LogP contribution in [0.25, 0.3) is 0 Å². The number of likely N-dealkylation sites (tertiary alicyclic amines) is 1. The van der Waals surface area contributed by atoms with E-state index in [-0.39, 0.29) is 5.91 Å². The number of hydrogen-bond donors (Lipinski definition) is 0. The number of carbonyl (C=O) groups excluding carboxylic acids is 1. The van der Waals surface area contributed by atoms with Crippen molar-refractivity contribution in [2.75, 3.05) is 57.8 Å². The maximum atomic E-state index is 12.1. The fraction of sp³-hybridized carbons (Fsp3) is 0.483. The Bertz CT molecular complexity index is 1170. The molecule has 4 heterocycles. The van der Waals surface area contributed by atoms with Gasteiger partial charge in [-0.3, -0.25) is 9.69 Å². The second-order valence-corrected chi connectivity index (χ2v) is 10.2. The molecule has 0 N–H and O–H groups in total. The van der Waals surface area contributed by atoms with E-state index in [4.69, 9.17) is 9.72 Å². The summed E-state index contributed by atoms with van der Waals surface area (Å²) in [4.78, 5) is 25.9. The summed E-state index contributed by atoms with van der Waals surface area (Å²) in [7, 11) is 2.13. The van der Waals surface area contributed by atoms with E-state index < -0.39 is 0 Å². The largest absolute Gasteiger partial charge is 0.475 e. The van der Waals surface area contributed by atoms with Crippen molar-refractivity contribution in [1.29, 1.82) is 5.26 Å². The van der Waals surface area contributed by atoms with Gasteiger partial charge in [0.05, 0.1) is 0 Å². The summed E-state index contributed by atoms with van der Waals surface area (Å²) in [6.07, 6.45) is 4.47. The van der Waals surface area contributed by atoms with Gasteiger partial charge in [-0.05, 0) is 50.1 Å². The van der Waals surface area contributed by atoms with Gasteiger partial charge in [-0.25, -0.2) is 0 Å². The van der Waals surface area contributed by atoms with Crippen molar-refractivity contribution in [1.82, 2.24) is 19.7 Å². The van der Waals surface area contributed by atoms with E-state index in [2.05, 4.69) is 58.7 Å². The van der Waals surface area contributed by atoms with Crippen LogP contribution in [-0.4, -0.2) is 84.6 Å². The van der Waals surface area contributed by atoms with Crippen molar-refractivity contribution in [3.8, 4) is 11.9 Å². The molecular weight excluding hydrogens is 464 g/mol. The zero-order valence-corrected chi connectivity index (χ0v) is 21.7. The lowest BCUT2D eigenvalue weighted by Gasteiger charge is -2.38. The highest BCUT2D eigenvalue weighted by Crippen LogP contribution is 2.36. The predicted molar refractivity (Wildman–Crippen MR) is 143 cm³/mol. The van der Waals surface area contributed by atoms with Crippen LogP contribution in [0.5, 0.6) is 5.88 Å². The zero-order valence-electron chi connectivity index (χ0n) is 21.7. The maximum absolute atomic E-state index is 12.1. The number of carbonyl (C=O) groups is 1. The third kappa shape index (κ3) is 5.48. The molecule has 1 atom stereocenters. The molecule has 0 saturated carbocycles. The minimum atomic E-state index is -0.0317. The van der Waals surface area contributed by atoms with Crippen molar-refractivity contribution >= 4 is 11.7 Å². The van der Waals surface area contributed by atoms with E-state index in [1.807, 2.05) is 11.0 Å². The SMILES string of the molecule is C=CC(=O)N1CCN(c2nc(OCC3CCCN3C)c(C#N)c3c2CCN(Cc2ccccc2)C3)CC1. The number of rotatable bonds is 7. The van der Waals surface area contributed by atoms with Gasteiger partial charge in [-0.1, -0.05) is 36.9 Å². The fourth-order valence-corrected chi connectivity index (χ4v) is 5.73. The number of pyridine rings is 1. The number of hydrogen-bond acceptors (Lipinski definition) is 7. The third-order valence-corrected chi connectivity index (χ3v) is 7.93. The molecule has 1 aromatic heterocycles. The van der Waals surface area contributed by atoms with Crippen LogP contribution in [0.4, 0.5) is 5.82 Å². The molecule has 0 spiro atoms. The summed E-state index contributed by atoms with van der Waals surface area (Å²) in [6.45, 7) is 10.3. The summed E-state index contributed by atoms with van der Waals surface area (Å²) in [5.41, 5.74) is 4.02. The van der Waals surface area contributed by atoms with E-state index in [1.165, 1.54) is 18.1 Å². The van der Waals surface area contributed by atoms with Gasteiger partial charge in [-0.15, -0.1) is 0 Å². The standard InChI is InChI=1S/C29H36N6O2/c1-3-27(36)34-14-16-35(17-15-34)28-24-11-13-33(19-22-8-5-4-6-9-22)20-26(24)25(18-30)29(31-28)37-21-23-10-7-12-32(23)2/h3-6,8-9,23H,1,7,10-17,19-21H2,2H3. The second kappa shape index (κ2) is 11.3. The summed E-state index contributed by atoms with van der Waals surface area (Å²) < 4.78 is 6.31. The summed E-state index contributed by atoms with van der Waals surface area (Å²) >= 11 is 0. The zero-order chi connectivity index (χ0) is 25.8. The Kier molecular flexibility index (Phi) is 7.73. The molecule has 1 amide bonds. The number of amides is 1. The van der Waals surface area contributed by atoms with E-state index in [1.54, 1.807) is 0 Å². The van der Waals surface area contributed by atoms with Gasteiger partial charge in [-0.2, -0.15) is 10.2 Å². The van der Waals surface area contributed by atoms with E-state index in [0.717, 1.165) is 49.4 Å². The molecule has 1 aromatic carbocycles. The molecule has 194 valence electrons. The number of piperazine rings is 1. The van der Waals surface area contributed by atoms with Gasteiger partial charge in [0.15, 0.2) is 0 Å². The highest BCUT2D eigenvalue weighted by atomic mass is 16.5. The normalized spacial score (nSPS) is 20.4. The number of anilines is 1. The monoisotopic (exact) mass is 500 g/mol. The average molecular weight is 501 g/mol. The number of ether oxygens (including phenoxy) is 1. The van der Waals surface area contributed by atoms with E-state index in [9.17, 15) is 10.1 Å². The molecule has 8 nitrogen and oxygen atoms in total. The smallest absolute Gasteiger partial charge is 0.246 e. The van der Waals surface area contributed by atoms with Crippen molar-refractivity contribution in [3.63, 3.8) is 0 Å². The molecule has 5 rings (SSSR count). The van der Waals surface area contributed by atoms with Crippen LogP contribution in [-0.2, 0) is 24.3 Å². The molecule has 2 fully saturated rings. The molecule has 0 radical (unpaired) electrons. The van der Waals surface area contributed by atoms with Crippen LogP contribution in [0.1, 0.15) is 35.1 Å². The van der Waals surface area contributed by atoms with Crippen LogP contribution in [0.15, 0.2) is 43.0 Å². The molecule has 0 aliphatic carbocycles. The Morgan fingerprint density at radius 1 is 1.16 bits per heavy atom. The first-order valence-electron chi connectivity index (χ1n) is 13.3. The lowest BCUT2D eigenvalue weighted by atomic mass is 9.95. The highest BCUT2D eigenvalue weighted by Gasteiger charge is 2.31. The first-order chi connectivity index (χ1) is 18.1. The van der Waals surface area contributed by atoms with E-state index >= 15 is 0 Å². The van der Waals surface area contributed by atoms with Crippen molar-refractivity contribution in [3.05, 3.63) is 65.2 Å². The highest BCUT2D eigenvalue weighted by molar-refractivity contribution is 5.87. The Morgan fingerprint density at radius 3 is 2.62 bits per heavy atom. The molecule has 8 heteroatoms. The van der Waals surface area contributed by atoms with Gasteiger partial charge in [0, 0.05) is 57.4 Å². The number of nitriles is 1. The minimum absolute atomic E-state index is 0.0317. The van der Waals surface area contributed by atoms with Crippen LogP contribution in [0, 0.1) is 11.3 Å². The summed E-state index contributed by atoms with van der Waals surface area (Å²) in [5, 5.41) is 10.3. The van der Waals surface area contributed by atoms with Crippen molar-refractivity contribution < 1.29 is 9.53 Å². The fourth-order valence-electron chi connectivity index (χ4n) is 5.73. The molecule has 3 aliphatic rings. The van der Waals surface area contributed by atoms with Gasteiger partial charge in [0.25, 0.3) is 0 Å². The first-order valence-corrected chi connectivity index (χ1v) is 13.3. The van der Waals surface area contributed by atoms with Crippen molar-refractivity contribution in [2.45, 2.75) is 38.4 Å². The van der Waals surface area contributed by atoms with Crippen LogP contribution in [0.2, 0.25) is 0 Å². The van der Waals surface area contributed by atoms with Gasteiger partial charge in [0.1, 0.15) is 24.1 Å². The molecule has 3 aliphatic heterocycles. The Labute approximate surface area is 219 Å². The number of benzene rings is 1. The first kappa shape index (κ1) is 25.2. The Hall–Kier alpha value is -3.41.